The van der Waals surface area contributed by atoms with Gasteiger partial charge < -0.3 is 14.2 Å². The molecule has 0 N–H and O–H groups in total. The number of esters is 1. The number of hydrogen-bond acceptors (Lipinski definition) is 5. The lowest BCUT2D eigenvalue weighted by Gasteiger charge is -2.57. The zero-order valence-corrected chi connectivity index (χ0v) is 13.9. The zero-order chi connectivity index (χ0) is 15.3. The summed E-state index contributed by atoms with van der Waals surface area (Å²) in [4.78, 5) is 25.2. The first-order valence-electron chi connectivity index (χ1n) is 6.35. The van der Waals surface area contributed by atoms with Crippen LogP contribution in [0.3, 0.4) is 0 Å². The van der Waals surface area contributed by atoms with Crippen molar-refractivity contribution in [1.29, 1.82) is 0 Å². The summed E-state index contributed by atoms with van der Waals surface area (Å²) in [6.07, 6.45) is 2.21. The van der Waals surface area contributed by atoms with Crippen molar-refractivity contribution in [2.24, 2.45) is 16.7 Å². The summed E-state index contributed by atoms with van der Waals surface area (Å²) in [5.41, 5.74) is -1.97. The number of ketones is 1. The Bertz CT molecular complexity index is 496. The lowest BCUT2D eigenvalue weighted by atomic mass is 9.49. The van der Waals surface area contributed by atoms with Crippen LogP contribution < -0.4 is 0 Å². The van der Waals surface area contributed by atoms with Crippen LogP contribution in [0.2, 0.25) is 0 Å². The van der Waals surface area contributed by atoms with E-state index in [0.717, 1.165) is 4.48 Å². The summed E-state index contributed by atoms with van der Waals surface area (Å²) in [5, 5.41) is 0. The summed E-state index contributed by atoms with van der Waals surface area (Å²) in [7, 11) is 4.23. The molecule has 0 heterocycles. The third-order valence-electron chi connectivity index (χ3n) is 5.01. The van der Waals surface area contributed by atoms with Crippen molar-refractivity contribution < 1.29 is 23.8 Å². The number of ether oxygens (including phenoxy) is 3. The molecule has 5 nitrogen and oxygen atoms in total. The largest absolute Gasteiger partial charge is 0.469 e. The Morgan fingerprint density at radius 3 is 2.30 bits per heavy atom. The van der Waals surface area contributed by atoms with Crippen molar-refractivity contribution in [3.63, 3.8) is 0 Å². The van der Waals surface area contributed by atoms with Crippen molar-refractivity contribution in [2.75, 3.05) is 21.3 Å². The highest BCUT2D eigenvalue weighted by atomic mass is 79.9. The predicted octanol–water partition coefficient (Wildman–Crippen LogP) is 2.04. The molecule has 0 saturated heterocycles. The van der Waals surface area contributed by atoms with E-state index in [0.29, 0.717) is 6.42 Å². The molecule has 0 aliphatic heterocycles. The van der Waals surface area contributed by atoms with E-state index < -0.39 is 22.6 Å². The van der Waals surface area contributed by atoms with Gasteiger partial charge in [0.2, 0.25) is 11.6 Å². The molecule has 20 heavy (non-hydrogen) atoms. The Morgan fingerprint density at radius 2 is 1.85 bits per heavy atom. The summed E-state index contributed by atoms with van der Waals surface area (Å²) < 4.78 is 16.6. The van der Waals surface area contributed by atoms with Gasteiger partial charge in [-0.2, -0.15) is 0 Å². The highest BCUT2D eigenvalue weighted by Crippen LogP contribution is 2.62. The van der Waals surface area contributed by atoms with Gasteiger partial charge in [-0.15, -0.1) is 0 Å². The first kappa shape index (κ1) is 15.7. The molecule has 3 rings (SSSR count). The molecule has 0 amide bonds. The lowest BCUT2D eigenvalue weighted by Crippen LogP contribution is -2.68. The molecule has 0 aromatic carbocycles. The van der Waals surface area contributed by atoms with E-state index in [9.17, 15) is 9.59 Å². The molecule has 3 aliphatic carbocycles. The van der Waals surface area contributed by atoms with E-state index in [1.54, 1.807) is 19.9 Å². The summed E-state index contributed by atoms with van der Waals surface area (Å²) >= 11 is 3.48. The average Bonchev–Trinajstić information content (AvgIpc) is 2.43. The van der Waals surface area contributed by atoms with Gasteiger partial charge in [0.15, 0.2) is 0 Å². The van der Waals surface area contributed by atoms with Crippen LogP contribution in [-0.2, 0) is 23.8 Å². The average molecular weight is 347 g/mol. The molecule has 0 spiro atoms. The van der Waals surface area contributed by atoms with Gasteiger partial charge >= 0.3 is 5.97 Å². The monoisotopic (exact) mass is 346 g/mol. The zero-order valence-electron chi connectivity index (χ0n) is 12.3. The van der Waals surface area contributed by atoms with Crippen LogP contribution in [-0.4, -0.2) is 38.9 Å². The van der Waals surface area contributed by atoms with Crippen LogP contribution in [0.25, 0.3) is 0 Å². The van der Waals surface area contributed by atoms with Crippen molar-refractivity contribution in [3.8, 4) is 0 Å². The van der Waals surface area contributed by atoms with Gasteiger partial charge in [-0.1, -0.05) is 22.0 Å². The Kier molecular flexibility index (Phi) is 3.64. The second-order valence-electron chi connectivity index (χ2n) is 5.72. The van der Waals surface area contributed by atoms with Gasteiger partial charge in [0.1, 0.15) is 0 Å². The Morgan fingerprint density at radius 1 is 1.30 bits per heavy atom. The van der Waals surface area contributed by atoms with Crippen LogP contribution in [0.4, 0.5) is 0 Å². The van der Waals surface area contributed by atoms with E-state index in [-0.39, 0.29) is 11.7 Å². The van der Waals surface area contributed by atoms with E-state index >= 15 is 0 Å². The Balaban J connectivity index is 2.65. The molecular weight excluding hydrogens is 328 g/mol. The molecule has 0 radical (unpaired) electrons. The number of rotatable bonds is 3. The minimum Gasteiger partial charge on any atom is -0.469 e. The fraction of sp³-hybridized carbons (Fsp3) is 0.714. The van der Waals surface area contributed by atoms with Gasteiger partial charge in [0.05, 0.1) is 23.9 Å². The van der Waals surface area contributed by atoms with Gasteiger partial charge in [0, 0.05) is 18.7 Å². The fourth-order valence-corrected chi connectivity index (χ4v) is 4.40. The SMILES string of the molecule is COC(=O)[C@@]1(C)C[C@H]2C(Br)=C[C@]1(C)C(=O)C2(OC)OC. The molecule has 2 bridgehead atoms. The van der Waals surface area contributed by atoms with Crippen molar-refractivity contribution in [2.45, 2.75) is 26.1 Å². The summed E-state index contributed by atoms with van der Waals surface area (Å²) in [6, 6.07) is 0. The van der Waals surface area contributed by atoms with Crippen LogP contribution in [0, 0.1) is 16.7 Å². The molecule has 0 aromatic rings. The van der Waals surface area contributed by atoms with E-state index in [1.807, 2.05) is 0 Å². The number of methoxy groups -OCH3 is 3. The van der Waals surface area contributed by atoms with E-state index in [2.05, 4.69) is 15.9 Å². The molecule has 1 saturated carbocycles. The molecule has 0 aromatic heterocycles. The molecule has 1 fully saturated rings. The predicted molar refractivity (Wildman–Crippen MR) is 75.1 cm³/mol. The molecular formula is C14H19BrO5. The fourth-order valence-electron chi connectivity index (χ4n) is 3.48. The second-order valence-corrected chi connectivity index (χ2v) is 6.63. The topological polar surface area (TPSA) is 61.8 Å². The van der Waals surface area contributed by atoms with Gasteiger partial charge in [-0.25, -0.2) is 0 Å². The minimum absolute atomic E-state index is 0.248. The lowest BCUT2D eigenvalue weighted by molar-refractivity contribution is -0.255. The maximum atomic E-state index is 13.0. The summed E-state index contributed by atoms with van der Waals surface area (Å²) in [6.45, 7) is 3.49. The minimum atomic E-state index is -1.35. The first-order chi connectivity index (χ1) is 9.23. The number of fused-ring (bicyclic) bond motifs is 2. The normalized spacial score (nSPS) is 38.6. The highest BCUT2D eigenvalue weighted by Gasteiger charge is 2.71. The number of hydrogen-bond donors (Lipinski definition) is 0. The Labute approximate surface area is 126 Å². The smallest absolute Gasteiger partial charge is 0.312 e. The first-order valence-corrected chi connectivity index (χ1v) is 7.14. The molecule has 112 valence electrons. The number of halogens is 1. The summed E-state index contributed by atoms with van der Waals surface area (Å²) in [5.74, 6) is -2.36. The third kappa shape index (κ3) is 1.55. The van der Waals surface area contributed by atoms with Crippen LogP contribution >= 0.6 is 15.9 Å². The maximum absolute atomic E-state index is 13.0. The van der Waals surface area contributed by atoms with E-state index in [4.69, 9.17) is 14.2 Å². The molecule has 3 atom stereocenters. The standard InChI is InChI=1S/C14H19BrO5/c1-12-7-9(15)8(6-13(12,2)11(17)18-3)14(19-4,20-5)10(12)16/h7-8H,6H2,1-5H3/t8-,12+,13+/m0/s1. The molecule has 6 heteroatoms. The number of allylic oxidation sites excluding steroid dienone is 1. The molecule has 0 unspecified atom stereocenters. The number of Topliss-reactive ketones (excluding diaryl/α,β-unsaturated/α-hetero) is 1. The Hall–Kier alpha value is -0.720. The number of carbonyl (C=O) groups is 2. The van der Waals surface area contributed by atoms with Gasteiger partial charge in [-0.3, -0.25) is 9.59 Å². The quantitative estimate of drug-likeness (QED) is 0.578. The second kappa shape index (κ2) is 4.64. The number of carbonyl (C=O) groups excluding carboxylic acids is 2. The van der Waals surface area contributed by atoms with Gasteiger partial charge in [0.25, 0.3) is 0 Å². The van der Waals surface area contributed by atoms with Crippen molar-refractivity contribution >= 4 is 27.7 Å². The van der Waals surface area contributed by atoms with Crippen LogP contribution in [0.1, 0.15) is 20.3 Å². The van der Waals surface area contributed by atoms with E-state index in [1.165, 1.54) is 21.3 Å². The maximum Gasteiger partial charge on any atom is 0.312 e. The highest BCUT2D eigenvalue weighted by molar-refractivity contribution is 9.11. The molecule has 3 aliphatic rings. The van der Waals surface area contributed by atoms with Crippen LogP contribution in [0.5, 0.6) is 0 Å². The van der Waals surface area contributed by atoms with Gasteiger partial charge in [-0.05, 0) is 20.3 Å². The van der Waals surface area contributed by atoms with Crippen molar-refractivity contribution in [3.05, 3.63) is 10.6 Å². The van der Waals surface area contributed by atoms with Crippen LogP contribution in [0.15, 0.2) is 10.6 Å². The third-order valence-corrected chi connectivity index (χ3v) is 5.79. The van der Waals surface area contributed by atoms with Crippen molar-refractivity contribution in [1.82, 2.24) is 0 Å².